The van der Waals surface area contributed by atoms with Gasteiger partial charge in [0.05, 0.1) is 7.11 Å². The zero-order valence-electron chi connectivity index (χ0n) is 14.5. The number of carbonyl (C=O) groups is 1. The van der Waals surface area contributed by atoms with Gasteiger partial charge in [0.1, 0.15) is 11.6 Å². The molecule has 0 aliphatic heterocycles. The average Bonchev–Trinajstić information content (AvgIpc) is 2.60. The van der Waals surface area contributed by atoms with E-state index in [-0.39, 0.29) is 11.5 Å². The summed E-state index contributed by atoms with van der Waals surface area (Å²) in [6.07, 6.45) is 1.59. The molecule has 2 rings (SSSR count). The van der Waals surface area contributed by atoms with Gasteiger partial charge in [0, 0.05) is 19.2 Å². The summed E-state index contributed by atoms with van der Waals surface area (Å²) in [4.78, 5) is 40.2. The van der Waals surface area contributed by atoms with Gasteiger partial charge < -0.3 is 15.4 Å². The molecule has 8 heteroatoms. The van der Waals surface area contributed by atoms with Crippen LogP contribution in [-0.2, 0) is 6.54 Å². The highest BCUT2D eigenvalue weighted by Crippen LogP contribution is 2.19. The Morgan fingerprint density at radius 1 is 1.28 bits per heavy atom. The van der Waals surface area contributed by atoms with E-state index in [9.17, 15) is 14.4 Å². The monoisotopic (exact) mass is 346 g/mol. The minimum absolute atomic E-state index is 0.0217. The first-order valence-electron chi connectivity index (χ1n) is 7.95. The molecule has 1 amide bonds. The fourth-order valence-electron chi connectivity index (χ4n) is 2.47. The second kappa shape index (κ2) is 7.69. The second-order valence-corrected chi connectivity index (χ2v) is 5.59. The highest BCUT2D eigenvalue weighted by molar-refractivity contribution is 6.06. The predicted octanol–water partition coefficient (Wildman–Crippen LogP) is 1.20. The van der Waals surface area contributed by atoms with E-state index in [4.69, 9.17) is 10.5 Å². The number of aromatic nitrogens is 2. The SMILES string of the molecule is CCCCn1c(N)c(N(C)C(=O)c2ccc(OC)cc2)c(=O)[nH]c1=O. The lowest BCUT2D eigenvalue weighted by molar-refractivity contribution is 0.0992. The van der Waals surface area contributed by atoms with Gasteiger partial charge in [-0.2, -0.15) is 0 Å². The molecule has 2 aromatic rings. The molecule has 0 atom stereocenters. The van der Waals surface area contributed by atoms with Crippen LogP contribution < -0.4 is 26.6 Å². The van der Waals surface area contributed by atoms with Gasteiger partial charge in [0.25, 0.3) is 11.5 Å². The molecular formula is C17H22N4O4. The number of methoxy groups -OCH3 is 1. The van der Waals surface area contributed by atoms with Crippen LogP contribution >= 0.6 is 0 Å². The molecule has 1 aromatic carbocycles. The first-order valence-corrected chi connectivity index (χ1v) is 7.95. The predicted molar refractivity (Wildman–Crippen MR) is 96.4 cm³/mol. The molecule has 8 nitrogen and oxygen atoms in total. The Morgan fingerprint density at radius 3 is 2.48 bits per heavy atom. The Kier molecular flexibility index (Phi) is 5.63. The first kappa shape index (κ1) is 18.3. The van der Waals surface area contributed by atoms with Crippen molar-refractivity contribution >= 4 is 17.4 Å². The number of hydrogen-bond donors (Lipinski definition) is 2. The Labute approximate surface area is 144 Å². The lowest BCUT2D eigenvalue weighted by atomic mass is 10.2. The van der Waals surface area contributed by atoms with E-state index in [1.54, 1.807) is 24.3 Å². The van der Waals surface area contributed by atoms with E-state index < -0.39 is 17.2 Å². The molecule has 25 heavy (non-hydrogen) atoms. The molecule has 0 saturated heterocycles. The van der Waals surface area contributed by atoms with Gasteiger partial charge in [-0.3, -0.25) is 19.1 Å². The maximum atomic E-state index is 12.6. The molecule has 134 valence electrons. The van der Waals surface area contributed by atoms with Crippen LogP contribution in [0.25, 0.3) is 0 Å². The third-order valence-corrected chi connectivity index (χ3v) is 3.93. The number of nitrogen functional groups attached to an aromatic ring is 1. The van der Waals surface area contributed by atoms with Crippen molar-refractivity contribution in [1.82, 2.24) is 9.55 Å². The van der Waals surface area contributed by atoms with Crippen molar-refractivity contribution in [3.05, 3.63) is 50.7 Å². The number of ether oxygens (including phenoxy) is 1. The third kappa shape index (κ3) is 3.73. The minimum atomic E-state index is -0.695. The Bertz CT molecular complexity index is 868. The standard InChI is InChI=1S/C17H22N4O4/c1-4-5-10-21-14(18)13(15(22)19-17(21)24)20(2)16(23)11-6-8-12(25-3)9-7-11/h6-9H,4-5,10,18H2,1-3H3,(H,19,22,24). The number of nitrogens with two attached hydrogens (primary N) is 1. The van der Waals surface area contributed by atoms with E-state index >= 15 is 0 Å². The van der Waals surface area contributed by atoms with Gasteiger partial charge in [-0.25, -0.2) is 4.79 Å². The topological polar surface area (TPSA) is 110 Å². The number of anilines is 2. The molecule has 0 bridgehead atoms. The van der Waals surface area contributed by atoms with Crippen LogP contribution in [0.2, 0.25) is 0 Å². The van der Waals surface area contributed by atoms with Gasteiger partial charge in [-0.1, -0.05) is 13.3 Å². The first-order chi connectivity index (χ1) is 11.9. The van der Waals surface area contributed by atoms with E-state index in [1.165, 1.54) is 18.7 Å². The van der Waals surface area contributed by atoms with Crippen molar-refractivity contribution in [2.45, 2.75) is 26.3 Å². The van der Waals surface area contributed by atoms with Crippen molar-refractivity contribution < 1.29 is 9.53 Å². The van der Waals surface area contributed by atoms with Gasteiger partial charge in [-0.05, 0) is 30.7 Å². The molecule has 0 aliphatic carbocycles. The van der Waals surface area contributed by atoms with Crippen LogP contribution in [0.15, 0.2) is 33.9 Å². The van der Waals surface area contributed by atoms with Gasteiger partial charge in [0.2, 0.25) is 0 Å². The summed E-state index contributed by atoms with van der Waals surface area (Å²) < 4.78 is 6.34. The quantitative estimate of drug-likeness (QED) is 0.817. The normalized spacial score (nSPS) is 10.5. The summed E-state index contributed by atoms with van der Waals surface area (Å²) in [7, 11) is 2.98. The number of benzene rings is 1. The van der Waals surface area contributed by atoms with E-state index in [0.29, 0.717) is 17.9 Å². The Hall–Kier alpha value is -3.03. The molecule has 1 heterocycles. The molecule has 3 N–H and O–H groups in total. The summed E-state index contributed by atoms with van der Waals surface area (Å²) in [6.45, 7) is 2.35. The highest BCUT2D eigenvalue weighted by atomic mass is 16.5. The molecular weight excluding hydrogens is 324 g/mol. The number of amides is 1. The van der Waals surface area contributed by atoms with Gasteiger partial charge >= 0.3 is 5.69 Å². The van der Waals surface area contributed by atoms with Crippen LogP contribution in [0.4, 0.5) is 11.5 Å². The number of rotatable bonds is 6. The molecule has 0 unspecified atom stereocenters. The van der Waals surface area contributed by atoms with Crippen molar-refractivity contribution in [1.29, 1.82) is 0 Å². The molecule has 0 radical (unpaired) electrons. The van der Waals surface area contributed by atoms with Crippen LogP contribution in [0.3, 0.4) is 0 Å². The maximum absolute atomic E-state index is 12.6. The number of nitrogens with zero attached hydrogens (tertiary/aromatic N) is 2. The summed E-state index contributed by atoms with van der Waals surface area (Å²) in [6, 6.07) is 6.48. The Morgan fingerprint density at radius 2 is 1.92 bits per heavy atom. The second-order valence-electron chi connectivity index (χ2n) is 5.59. The summed E-state index contributed by atoms with van der Waals surface area (Å²) in [5.41, 5.74) is 5.07. The van der Waals surface area contributed by atoms with Gasteiger partial charge in [0.15, 0.2) is 5.69 Å². The molecule has 1 aromatic heterocycles. The summed E-state index contributed by atoms with van der Waals surface area (Å²) >= 11 is 0. The number of aromatic amines is 1. The lowest BCUT2D eigenvalue weighted by Gasteiger charge is -2.20. The van der Waals surface area contributed by atoms with E-state index in [0.717, 1.165) is 17.7 Å². The fraction of sp³-hybridized carbons (Fsp3) is 0.353. The zero-order chi connectivity index (χ0) is 18.6. The number of nitrogens with one attached hydrogen (secondary N) is 1. The maximum Gasteiger partial charge on any atom is 0.330 e. The molecule has 0 saturated carbocycles. The molecule has 0 aliphatic rings. The highest BCUT2D eigenvalue weighted by Gasteiger charge is 2.21. The average molecular weight is 346 g/mol. The number of hydrogen-bond acceptors (Lipinski definition) is 5. The number of unbranched alkanes of at least 4 members (excludes halogenated alkanes) is 1. The Balaban J connectivity index is 2.43. The van der Waals surface area contributed by atoms with Crippen molar-refractivity contribution in [3.8, 4) is 5.75 Å². The number of H-pyrrole nitrogens is 1. The van der Waals surface area contributed by atoms with Crippen LogP contribution in [0, 0.1) is 0 Å². The molecule has 0 spiro atoms. The van der Waals surface area contributed by atoms with Crippen LogP contribution in [0.5, 0.6) is 5.75 Å². The van der Waals surface area contributed by atoms with Crippen molar-refractivity contribution in [3.63, 3.8) is 0 Å². The number of carbonyl (C=O) groups excluding carboxylic acids is 1. The minimum Gasteiger partial charge on any atom is -0.497 e. The zero-order valence-corrected chi connectivity index (χ0v) is 14.5. The lowest BCUT2D eigenvalue weighted by Crippen LogP contribution is -2.39. The fourth-order valence-corrected chi connectivity index (χ4v) is 2.47. The van der Waals surface area contributed by atoms with Crippen molar-refractivity contribution in [2.75, 3.05) is 24.8 Å². The largest absolute Gasteiger partial charge is 0.497 e. The molecule has 0 fully saturated rings. The van der Waals surface area contributed by atoms with Crippen molar-refractivity contribution in [2.24, 2.45) is 0 Å². The van der Waals surface area contributed by atoms with Gasteiger partial charge in [-0.15, -0.1) is 0 Å². The summed E-state index contributed by atoms with van der Waals surface area (Å²) in [5.74, 6) is 0.178. The van der Waals surface area contributed by atoms with Crippen LogP contribution in [-0.4, -0.2) is 29.6 Å². The smallest absolute Gasteiger partial charge is 0.330 e. The summed E-state index contributed by atoms with van der Waals surface area (Å²) in [5, 5.41) is 0. The third-order valence-electron chi connectivity index (χ3n) is 3.93. The van der Waals surface area contributed by atoms with Crippen LogP contribution in [0.1, 0.15) is 30.1 Å². The van der Waals surface area contributed by atoms with E-state index in [1.807, 2.05) is 6.92 Å². The van der Waals surface area contributed by atoms with E-state index in [2.05, 4.69) is 4.98 Å².